The molecule has 0 atom stereocenters. The van der Waals surface area contributed by atoms with Crippen LogP contribution in [0.3, 0.4) is 0 Å². The molecule has 0 fully saturated rings. The number of phenols is 1. The molecular formula is C18H20N2O5S. The quantitative estimate of drug-likeness (QED) is 0.686. The van der Waals surface area contributed by atoms with Crippen molar-refractivity contribution in [1.29, 1.82) is 0 Å². The molecule has 0 unspecified atom stereocenters. The van der Waals surface area contributed by atoms with E-state index in [4.69, 9.17) is 10.5 Å². The minimum Gasteiger partial charge on any atom is -0.506 e. The first-order valence-electron chi connectivity index (χ1n) is 7.73. The highest BCUT2D eigenvalue weighted by atomic mass is 32.2. The average molecular weight is 376 g/mol. The maximum absolute atomic E-state index is 12.6. The minimum atomic E-state index is -4.01. The van der Waals surface area contributed by atoms with Gasteiger partial charge in [-0.25, -0.2) is 8.42 Å². The number of nitrogens with one attached hydrogen (secondary N) is 1. The summed E-state index contributed by atoms with van der Waals surface area (Å²) in [5.41, 5.74) is 5.29. The van der Waals surface area contributed by atoms with Crippen molar-refractivity contribution in [2.24, 2.45) is 5.73 Å². The van der Waals surface area contributed by atoms with Crippen molar-refractivity contribution in [2.45, 2.75) is 24.8 Å². The molecule has 2 aromatic rings. The van der Waals surface area contributed by atoms with E-state index in [0.717, 1.165) is 6.07 Å². The number of carbonyl (C=O) groups excluding carboxylic acids is 1. The topological polar surface area (TPSA) is 119 Å². The number of carbonyl (C=O) groups is 1. The summed E-state index contributed by atoms with van der Waals surface area (Å²) in [5, 5.41) is 9.94. The average Bonchev–Trinajstić information content (AvgIpc) is 2.55. The zero-order chi connectivity index (χ0) is 19.5. The Morgan fingerprint density at radius 3 is 2.38 bits per heavy atom. The Morgan fingerprint density at radius 1 is 1.27 bits per heavy atom. The molecule has 26 heavy (non-hydrogen) atoms. The maximum atomic E-state index is 12.6. The third kappa shape index (κ3) is 4.34. The molecule has 2 rings (SSSR count). The first-order valence-corrected chi connectivity index (χ1v) is 9.21. The first-order chi connectivity index (χ1) is 12.1. The largest absolute Gasteiger partial charge is 0.506 e. The van der Waals surface area contributed by atoms with Gasteiger partial charge in [0, 0.05) is 11.3 Å². The summed E-state index contributed by atoms with van der Waals surface area (Å²) in [6, 6.07) is 8.60. The molecule has 0 aliphatic carbocycles. The second-order valence-electron chi connectivity index (χ2n) is 5.77. The van der Waals surface area contributed by atoms with Crippen LogP contribution in [0.2, 0.25) is 0 Å². The Morgan fingerprint density at radius 2 is 1.88 bits per heavy atom. The van der Waals surface area contributed by atoms with E-state index in [1.165, 1.54) is 12.1 Å². The van der Waals surface area contributed by atoms with E-state index in [1.807, 2.05) is 13.8 Å². The summed E-state index contributed by atoms with van der Waals surface area (Å²) in [6.07, 6.45) is 1.23. The van der Waals surface area contributed by atoms with Crippen LogP contribution in [0.4, 0.5) is 5.69 Å². The smallest absolute Gasteiger partial charge is 0.261 e. The zero-order valence-corrected chi connectivity index (χ0v) is 15.2. The number of amides is 1. The fraction of sp³-hybridized carbons (Fsp3) is 0.167. The molecule has 2 aromatic carbocycles. The maximum Gasteiger partial charge on any atom is 0.261 e. The SMILES string of the molecule is C=Cc1cc(S(=O)(=O)Nc2ccc(OC(C)C)cc2)cc(C(N)=O)c1O. The molecule has 0 aliphatic rings. The van der Waals surface area contributed by atoms with Crippen molar-refractivity contribution >= 4 is 27.7 Å². The van der Waals surface area contributed by atoms with Crippen molar-refractivity contribution in [3.05, 3.63) is 54.1 Å². The number of hydrogen-bond acceptors (Lipinski definition) is 5. The lowest BCUT2D eigenvalue weighted by molar-refractivity contribution is 0.0997. The molecule has 1 amide bonds. The van der Waals surface area contributed by atoms with Gasteiger partial charge in [-0.05, 0) is 50.2 Å². The normalized spacial score (nSPS) is 11.2. The fourth-order valence-electron chi connectivity index (χ4n) is 2.22. The third-order valence-electron chi connectivity index (χ3n) is 3.39. The van der Waals surface area contributed by atoms with Crippen LogP contribution in [-0.2, 0) is 10.0 Å². The molecule has 0 radical (unpaired) electrons. The van der Waals surface area contributed by atoms with Crippen molar-refractivity contribution in [3.63, 3.8) is 0 Å². The fourth-order valence-corrected chi connectivity index (χ4v) is 3.34. The van der Waals surface area contributed by atoms with Crippen molar-refractivity contribution in [1.82, 2.24) is 0 Å². The number of aromatic hydroxyl groups is 1. The van der Waals surface area contributed by atoms with Gasteiger partial charge in [0.05, 0.1) is 16.6 Å². The number of anilines is 1. The Bertz CT molecular complexity index is 935. The Kier molecular flexibility index (Phi) is 5.56. The van der Waals surface area contributed by atoms with Crippen molar-refractivity contribution in [2.75, 3.05) is 4.72 Å². The number of primary amides is 1. The van der Waals surface area contributed by atoms with Gasteiger partial charge in [-0.1, -0.05) is 12.7 Å². The highest BCUT2D eigenvalue weighted by Crippen LogP contribution is 2.29. The highest BCUT2D eigenvalue weighted by Gasteiger charge is 2.21. The van der Waals surface area contributed by atoms with Crippen LogP contribution in [0.1, 0.15) is 29.8 Å². The van der Waals surface area contributed by atoms with Gasteiger partial charge in [-0.15, -0.1) is 0 Å². The molecule has 4 N–H and O–H groups in total. The van der Waals surface area contributed by atoms with Crippen LogP contribution >= 0.6 is 0 Å². The van der Waals surface area contributed by atoms with Crippen LogP contribution in [0.5, 0.6) is 11.5 Å². The number of nitrogens with two attached hydrogens (primary N) is 1. The summed E-state index contributed by atoms with van der Waals surface area (Å²) in [7, 11) is -4.01. The summed E-state index contributed by atoms with van der Waals surface area (Å²) in [4.78, 5) is 11.2. The van der Waals surface area contributed by atoms with Gasteiger partial charge in [0.15, 0.2) is 0 Å². The first kappa shape index (κ1) is 19.3. The molecule has 0 heterocycles. The van der Waals surface area contributed by atoms with E-state index < -0.39 is 21.7 Å². The minimum absolute atomic E-state index is 0.000849. The molecule has 0 aromatic heterocycles. The standard InChI is InChI=1S/C18H20N2O5S/c1-4-12-9-15(10-16(17(12)21)18(19)22)26(23,24)20-13-5-7-14(8-6-13)25-11(2)3/h4-11,20-21H,1H2,2-3H3,(H2,19,22). The predicted octanol–water partition coefficient (Wildman–Crippen LogP) is 2.72. The van der Waals surface area contributed by atoms with E-state index in [2.05, 4.69) is 11.3 Å². The van der Waals surface area contributed by atoms with Crippen molar-refractivity contribution < 1.29 is 23.1 Å². The Balaban J connectivity index is 2.37. The van der Waals surface area contributed by atoms with Crippen LogP contribution in [0, 0.1) is 0 Å². The second-order valence-corrected chi connectivity index (χ2v) is 7.46. The summed E-state index contributed by atoms with van der Waals surface area (Å²) >= 11 is 0. The molecule has 0 aliphatic heterocycles. The molecule has 138 valence electrons. The third-order valence-corrected chi connectivity index (χ3v) is 4.75. The number of rotatable bonds is 7. The zero-order valence-electron chi connectivity index (χ0n) is 14.4. The van der Waals surface area contributed by atoms with Crippen LogP contribution in [-0.4, -0.2) is 25.5 Å². The predicted molar refractivity (Wildman–Crippen MR) is 99.7 cm³/mol. The number of benzene rings is 2. The molecule has 8 heteroatoms. The Hall–Kier alpha value is -3.00. The second kappa shape index (κ2) is 7.49. The van der Waals surface area contributed by atoms with Gasteiger partial charge in [0.1, 0.15) is 11.5 Å². The number of hydrogen-bond donors (Lipinski definition) is 3. The monoisotopic (exact) mass is 376 g/mol. The van der Waals surface area contributed by atoms with Gasteiger partial charge in [-0.3, -0.25) is 9.52 Å². The van der Waals surface area contributed by atoms with Gasteiger partial charge < -0.3 is 15.6 Å². The lowest BCUT2D eigenvalue weighted by Gasteiger charge is -2.13. The van der Waals surface area contributed by atoms with Crippen LogP contribution in [0.25, 0.3) is 6.08 Å². The lowest BCUT2D eigenvalue weighted by Crippen LogP contribution is -2.16. The summed E-state index contributed by atoms with van der Waals surface area (Å²) in [5.74, 6) is -0.753. The van der Waals surface area contributed by atoms with Gasteiger partial charge in [0.2, 0.25) is 0 Å². The van der Waals surface area contributed by atoms with Crippen LogP contribution < -0.4 is 15.2 Å². The Labute approximate surface area is 152 Å². The van der Waals surface area contributed by atoms with E-state index in [1.54, 1.807) is 24.3 Å². The van der Waals surface area contributed by atoms with E-state index in [-0.39, 0.29) is 22.1 Å². The van der Waals surface area contributed by atoms with E-state index in [9.17, 15) is 18.3 Å². The number of sulfonamides is 1. The molecule has 0 saturated carbocycles. The lowest BCUT2D eigenvalue weighted by atomic mass is 10.1. The van der Waals surface area contributed by atoms with Crippen LogP contribution in [0.15, 0.2) is 47.9 Å². The molecule has 0 spiro atoms. The molecule has 7 nitrogen and oxygen atoms in total. The van der Waals surface area contributed by atoms with Crippen molar-refractivity contribution in [3.8, 4) is 11.5 Å². The summed E-state index contributed by atoms with van der Waals surface area (Å²) < 4.78 is 33.1. The van der Waals surface area contributed by atoms with Gasteiger partial charge in [0.25, 0.3) is 15.9 Å². The molecule has 0 saturated heterocycles. The van der Waals surface area contributed by atoms with Gasteiger partial charge in [-0.2, -0.15) is 0 Å². The highest BCUT2D eigenvalue weighted by molar-refractivity contribution is 7.92. The van der Waals surface area contributed by atoms with E-state index >= 15 is 0 Å². The number of ether oxygens (including phenoxy) is 1. The van der Waals surface area contributed by atoms with E-state index in [0.29, 0.717) is 11.4 Å². The van der Waals surface area contributed by atoms with Gasteiger partial charge >= 0.3 is 0 Å². The summed E-state index contributed by atoms with van der Waals surface area (Å²) in [6.45, 7) is 7.26. The molecular weight excluding hydrogens is 356 g/mol. The molecule has 0 bridgehead atoms.